The summed E-state index contributed by atoms with van der Waals surface area (Å²) in [6.45, 7) is 3.46. The van der Waals surface area contributed by atoms with Gasteiger partial charge in [0.25, 0.3) is 0 Å². The lowest BCUT2D eigenvalue weighted by atomic mass is 10.1. The van der Waals surface area contributed by atoms with Gasteiger partial charge in [0, 0.05) is 31.7 Å². The van der Waals surface area contributed by atoms with Crippen LogP contribution >= 0.6 is 0 Å². The highest BCUT2D eigenvalue weighted by molar-refractivity contribution is 5.75. The zero-order chi connectivity index (χ0) is 13.9. The van der Waals surface area contributed by atoms with Crippen LogP contribution in [-0.2, 0) is 0 Å². The van der Waals surface area contributed by atoms with Crippen LogP contribution in [0.4, 0.5) is 16.0 Å². The van der Waals surface area contributed by atoms with Crippen molar-refractivity contribution >= 4 is 11.6 Å². The number of benzene rings is 1. The van der Waals surface area contributed by atoms with E-state index >= 15 is 0 Å². The number of hydrogen-bond acceptors (Lipinski definition) is 5. The first kappa shape index (κ1) is 12.8. The third-order valence-corrected chi connectivity index (χ3v) is 3.37. The van der Waals surface area contributed by atoms with Crippen LogP contribution in [0.2, 0.25) is 0 Å². The molecule has 2 heterocycles. The summed E-state index contributed by atoms with van der Waals surface area (Å²) in [6, 6.07) is 6.59. The number of aromatic nitrogens is 2. The third kappa shape index (κ3) is 2.42. The zero-order valence-electron chi connectivity index (χ0n) is 11.0. The van der Waals surface area contributed by atoms with Gasteiger partial charge in [-0.1, -0.05) is 12.1 Å². The first-order valence-electron chi connectivity index (χ1n) is 6.59. The molecule has 1 fully saturated rings. The summed E-state index contributed by atoms with van der Waals surface area (Å²) in [7, 11) is 0. The Morgan fingerprint density at radius 3 is 2.70 bits per heavy atom. The quantitative estimate of drug-likeness (QED) is 0.862. The van der Waals surface area contributed by atoms with Gasteiger partial charge in [0.1, 0.15) is 11.5 Å². The average molecular weight is 273 g/mol. The standard InChI is InChI=1S/C14H16FN5/c15-11-4-2-1-3-10(11)13-12(9-18-14(16)19-13)20-7-5-17-6-8-20/h1-4,9,17H,5-8H2,(H2,16,18,19). The van der Waals surface area contributed by atoms with Crippen molar-refractivity contribution in [1.29, 1.82) is 0 Å². The number of halogens is 1. The molecule has 0 atom stereocenters. The fraction of sp³-hybridized carbons (Fsp3) is 0.286. The topological polar surface area (TPSA) is 67.1 Å². The zero-order valence-corrected chi connectivity index (χ0v) is 11.0. The Labute approximate surface area is 116 Å². The van der Waals surface area contributed by atoms with Crippen molar-refractivity contribution in [3.63, 3.8) is 0 Å². The molecule has 5 nitrogen and oxygen atoms in total. The molecule has 1 aromatic carbocycles. The molecular weight excluding hydrogens is 257 g/mol. The number of nitrogens with two attached hydrogens (primary N) is 1. The van der Waals surface area contributed by atoms with Crippen LogP contribution in [-0.4, -0.2) is 36.1 Å². The van der Waals surface area contributed by atoms with Gasteiger partial charge < -0.3 is 16.0 Å². The molecule has 1 aliphatic heterocycles. The van der Waals surface area contributed by atoms with E-state index in [1.807, 2.05) is 0 Å². The van der Waals surface area contributed by atoms with E-state index in [1.165, 1.54) is 6.07 Å². The minimum absolute atomic E-state index is 0.155. The monoisotopic (exact) mass is 273 g/mol. The van der Waals surface area contributed by atoms with Crippen molar-refractivity contribution in [2.45, 2.75) is 0 Å². The van der Waals surface area contributed by atoms with E-state index in [1.54, 1.807) is 24.4 Å². The summed E-state index contributed by atoms with van der Waals surface area (Å²) in [6.07, 6.45) is 1.68. The van der Waals surface area contributed by atoms with E-state index in [-0.39, 0.29) is 11.8 Å². The van der Waals surface area contributed by atoms with Crippen LogP contribution in [0, 0.1) is 5.82 Å². The van der Waals surface area contributed by atoms with Crippen LogP contribution in [0.5, 0.6) is 0 Å². The van der Waals surface area contributed by atoms with Gasteiger partial charge in [-0.2, -0.15) is 0 Å². The Balaban J connectivity index is 2.09. The lowest BCUT2D eigenvalue weighted by molar-refractivity contribution is 0.588. The summed E-state index contributed by atoms with van der Waals surface area (Å²) in [5.74, 6) is -0.149. The van der Waals surface area contributed by atoms with Gasteiger partial charge in [-0.15, -0.1) is 0 Å². The van der Waals surface area contributed by atoms with Gasteiger partial charge >= 0.3 is 0 Å². The van der Waals surface area contributed by atoms with Gasteiger partial charge in [0.2, 0.25) is 5.95 Å². The fourth-order valence-electron chi connectivity index (χ4n) is 2.38. The lowest BCUT2D eigenvalue weighted by Gasteiger charge is -2.30. The molecule has 0 spiro atoms. The van der Waals surface area contributed by atoms with Gasteiger partial charge in [-0.3, -0.25) is 0 Å². The fourth-order valence-corrected chi connectivity index (χ4v) is 2.38. The third-order valence-electron chi connectivity index (χ3n) is 3.37. The summed E-state index contributed by atoms with van der Waals surface area (Å²) in [5, 5.41) is 3.29. The number of nitrogen functional groups attached to an aromatic ring is 1. The number of nitrogens with one attached hydrogen (secondary N) is 1. The van der Waals surface area contributed by atoms with Gasteiger partial charge in [0.15, 0.2) is 0 Å². The number of hydrogen-bond donors (Lipinski definition) is 2. The van der Waals surface area contributed by atoms with E-state index in [9.17, 15) is 4.39 Å². The lowest BCUT2D eigenvalue weighted by Crippen LogP contribution is -2.43. The second-order valence-corrected chi connectivity index (χ2v) is 4.68. The molecule has 0 radical (unpaired) electrons. The maximum Gasteiger partial charge on any atom is 0.220 e. The highest BCUT2D eigenvalue weighted by atomic mass is 19.1. The molecular formula is C14H16FN5. The summed E-state index contributed by atoms with van der Waals surface area (Å²) in [5.41, 5.74) is 7.50. The number of nitrogens with zero attached hydrogens (tertiary/aromatic N) is 3. The van der Waals surface area contributed by atoms with E-state index in [0.29, 0.717) is 11.3 Å². The molecule has 3 N–H and O–H groups in total. The van der Waals surface area contributed by atoms with Crippen LogP contribution in [0.15, 0.2) is 30.5 Å². The second-order valence-electron chi connectivity index (χ2n) is 4.68. The Morgan fingerprint density at radius 2 is 1.95 bits per heavy atom. The Morgan fingerprint density at radius 1 is 1.20 bits per heavy atom. The van der Waals surface area contributed by atoms with Crippen molar-refractivity contribution in [3.8, 4) is 11.3 Å². The van der Waals surface area contributed by atoms with Crippen LogP contribution in [0.1, 0.15) is 0 Å². The molecule has 0 saturated carbocycles. The minimum Gasteiger partial charge on any atom is -0.368 e. The summed E-state index contributed by atoms with van der Waals surface area (Å²) in [4.78, 5) is 10.4. The molecule has 0 unspecified atom stereocenters. The maximum atomic E-state index is 14.0. The molecule has 1 saturated heterocycles. The largest absolute Gasteiger partial charge is 0.368 e. The molecule has 1 aromatic heterocycles. The molecule has 0 aliphatic carbocycles. The van der Waals surface area contributed by atoms with E-state index in [4.69, 9.17) is 5.73 Å². The minimum atomic E-state index is -0.304. The predicted molar refractivity (Wildman–Crippen MR) is 76.9 cm³/mol. The van der Waals surface area contributed by atoms with E-state index in [0.717, 1.165) is 31.9 Å². The van der Waals surface area contributed by atoms with Crippen LogP contribution in [0.25, 0.3) is 11.3 Å². The molecule has 3 rings (SSSR count). The van der Waals surface area contributed by atoms with Gasteiger partial charge in [0.05, 0.1) is 11.9 Å². The Bertz CT molecular complexity index is 610. The second kappa shape index (κ2) is 5.42. The molecule has 104 valence electrons. The molecule has 0 amide bonds. The average Bonchev–Trinajstić information content (AvgIpc) is 2.48. The first-order chi connectivity index (χ1) is 9.75. The van der Waals surface area contributed by atoms with Crippen LogP contribution < -0.4 is 16.0 Å². The number of rotatable bonds is 2. The molecule has 2 aromatic rings. The Kier molecular flexibility index (Phi) is 3.47. The highest BCUT2D eigenvalue weighted by Crippen LogP contribution is 2.30. The first-order valence-corrected chi connectivity index (χ1v) is 6.59. The van der Waals surface area contributed by atoms with Gasteiger partial charge in [-0.05, 0) is 12.1 Å². The smallest absolute Gasteiger partial charge is 0.220 e. The Hall–Kier alpha value is -2.21. The van der Waals surface area contributed by atoms with Crippen molar-refractivity contribution in [1.82, 2.24) is 15.3 Å². The van der Waals surface area contributed by atoms with Crippen molar-refractivity contribution in [3.05, 3.63) is 36.3 Å². The predicted octanol–water partition coefficient (Wildman–Crippen LogP) is 1.27. The highest BCUT2D eigenvalue weighted by Gasteiger charge is 2.19. The summed E-state index contributed by atoms with van der Waals surface area (Å²) >= 11 is 0. The van der Waals surface area contributed by atoms with Crippen molar-refractivity contribution < 1.29 is 4.39 Å². The van der Waals surface area contributed by atoms with Crippen molar-refractivity contribution in [2.24, 2.45) is 0 Å². The SMILES string of the molecule is Nc1ncc(N2CCNCC2)c(-c2ccccc2F)n1. The molecule has 1 aliphatic rings. The molecule has 0 bridgehead atoms. The molecule has 20 heavy (non-hydrogen) atoms. The van der Waals surface area contributed by atoms with Gasteiger partial charge in [-0.25, -0.2) is 14.4 Å². The van der Waals surface area contributed by atoms with E-state index < -0.39 is 0 Å². The maximum absolute atomic E-state index is 14.0. The van der Waals surface area contributed by atoms with Crippen molar-refractivity contribution in [2.75, 3.05) is 36.8 Å². The summed E-state index contributed by atoms with van der Waals surface area (Å²) < 4.78 is 14.0. The van der Waals surface area contributed by atoms with Crippen LogP contribution in [0.3, 0.4) is 0 Å². The molecule has 6 heteroatoms. The normalized spacial score (nSPS) is 15.3. The van der Waals surface area contributed by atoms with E-state index in [2.05, 4.69) is 20.2 Å². The number of anilines is 2. The number of piperazine rings is 1.